The van der Waals surface area contributed by atoms with Crippen molar-refractivity contribution in [3.05, 3.63) is 29.8 Å². The first-order valence-electron chi connectivity index (χ1n) is 7.23. The number of amides is 1. The summed E-state index contributed by atoms with van der Waals surface area (Å²) in [7, 11) is 0. The Morgan fingerprint density at radius 1 is 1.42 bits per heavy atom. The molecule has 1 amide bonds. The van der Waals surface area contributed by atoms with Crippen molar-refractivity contribution in [2.24, 2.45) is 11.7 Å². The molecule has 2 rings (SSSR count). The van der Waals surface area contributed by atoms with E-state index in [2.05, 4.69) is 26.0 Å². The highest BCUT2D eigenvalue weighted by molar-refractivity contribution is 5.95. The molecule has 1 unspecified atom stereocenters. The number of para-hydroxylation sites is 1. The molecule has 104 valence electrons. The topological polar surface area (TPSA) is 46.3 Å². The smallest absolute Gasteiger partial charge is 0.227 e. The number of benzene rings is 1. The van der Waals surface area contributed by atoms with E-state index in [1.165, 1.54) is 5.56 Å². The van der Waals surface area contributed by atoms with Gasteiger partial charge >= 0.3 is 0 Å². The van der Waals surface area contributed by atoms with E-state index in [4.69, 9.17) is 5.73 Å². The lowest BCUT2D eigenvalue weighted by Gasteiger charge is -2.31. The van der Waals surface area contributed by atoms with Gasteiger partial charge in [0.25, 0.3) is 0 Å². The summed E-state index contributed by atoms with van der Waals surface area (Å²) in [5.41, 5.74) is 8.24. The second-order valence-corrected chi connectivity index (χ2v) is 5.77. The summed E-state index contributed by atoms with van der Waals surface area (Å²) in [6, 6.07) is 8.39. The minimum atomic E-state index is 0.148. The van der Waals surface area contributed by atoms with Crippen LogP contribution in [-0.4, -0.2) is 18.5 Å². The number of nitrogens with two attached hydrogens (primary N) is 1. The van der Waals surface area contributed by atoms with E-state index in [1.807, 2.05) is 17.0 Å². The second-order valence-electron chi connectivity index (χ2n) is 5.77. The highest BCUT2D eigenvalue weighted by Crippen LogP contribution is 2.30. The maximum atomic E-state index is 12.6. The molecule has 0 saturated carbocycles. The number of aryl methyl sites for hydroxylation is 1. The van der Waals surface area contributed by atoms with Crippen molar-refractivity contribution in [3.63, 3.8) is 0 Å². The molecule has 1 aromatic rings. The summed E-state index contributed by atoms with van der Waals surface area (Å²) in [5, 5.41) is 0. The third kappa shape index (κ3) is 3.16. The van der Waals surface area contributed by atoms with Crippen LogP contribution in [0.5, 0.6) is 0 Å². The van der Waals surface area contributed by atoms with E-state index in [0.717, 1.165) is 24.9 Å². The van der Waals surface area contributed by atoms with Crippen molar-refractivity contribution in [2.45, 2.75) is 45.6 Å². The normalized spacial score (nSPS) is 19.2. The van der Waals surface area contributed by atoms with Crippen LogP contribution in [0.2, 0.25) is 0 Å². The molecule has 1 aliphatic heterocycles. The van der Waals surface area contributed by atoms with Gasteiger partial charge in [-0.15, -0.1) is 0 Å². The number of carbonyl (C=O) groups excluding carboxylic acids is 1. The third-order valence-corrected chi connectivity index (χ3v) is 3.72. The summed E-state index contributed by atoms with van der Waals surface area (Å²) in [4.78, 5) is 14.5. The van der Waals surface area contributed by atoms with E-state index in [9.17, 15) is 4.79 Å². The fourth-order valence-corrected chi connectivity index (χ4v) is 2.82. The molecule has 0 aromatic heterocycles. The first-order chi connectivity index (χ1) is 9.13. The molecule has 0 saturated heterocycles. The summed E-state index contributed by atoms with van der Waals surface area (Å²) < 4.78 is 0. The van der Waals surface area contributed by atoms with Crippen LogP contribution in [-0.2, 0) is 11.2 Å². The Morgan fingerprint density at radius 2 is 2.16 bits per heavy atom. The Bertz CT molecular complexity index is 442. The van der Waals surface area contributed by atoms with Gasteiger partial charge in [-0.1, -0.05) is 32.0 Å². The predicted octanol–water partition coefficient (Wildman–Crippen LogP) is 2.73. The molecule has 0 aliphatic carbocycles. The molecule has 1 aliphatic rings. The van der Waals surface area contributed by atoms with Crippen LogP contribution in [0.25, 0.3) is 0 Å². The monoisotopic (exact) mass is 260 g/mol. The maximum Gasteiger partial charge on any atom is 0.227 e. The van der Waals surface area contributed by atoms with Gasteiger partial charge in [-0.25, -0.2) is 0 Å². The molecule has 0 radical (unpaired) electrons. The number of rotatable bonds is 3. The molecule has 2 N–H and O–H groups in total. The Labute approximate surface area is 115 Å². The van der Waals surface area contributed by atoms with E-state index in [0.29, 0.717) is 18.9 Å². The zero-order valence-electron chi connectivity index (χ0n) is 11.9. The lowest BCUT2D eigenvalue weighted by Crippen LogP contribution is -2.44. The lowest BCUT2D eigenvalue weighted by molar-refractivity contribution is -0.119. The molecule has 19 heavy (non-hydrogen) atoms. The first-order valence-corrected chi connectivity index (χ1v) is 7.23. The fraction of sp³-hybridized carbons (Fsp3) is 0.562. The quantitative estimate of drug-likeness (QED) is 0.908. The van der Waals surface area contributed by atoms with Gasteiger partial charge in [0.05, 0.1) is 0 Å². The molecule has 0 spiro atoms. The molecule has 1 heterocycles. The van der Waals surface area contributed by atoms with E-state index < -0.39 is 0 Å². The van der Waals surface area contributed by atoms with Gasteiger partial charge in [0.1, 0.15) is 0 Å². The van der Waals surface area contributed by atoms with Gasteiger partial charge < -0.3 is 10.6 Å². The predicted molar refractivity (Wildman–Crippen MR) is 79.2 cm³/mol. The van der Waals surface area contributed by atoms with Crippen LogP contribution in [0, 0.1) is 5.92 Å². The zero-order valence-corrected chi connectivity index (χ0v) is 11.9. The summed E-state index contributed by atoms with van der Waals surface area (Å²) in [6.45, 7) is 4.70. The van der Waals surface area contributed by atoms with Crippen LogP contribution in [0.1, 0.15) is 38.7 Å². The van der Waals surface area contributed by atoms with Crippen LogP contribution in [0.4, 0.5) is 5.69 Å². The van der Waals surface area contributed by atoms with Crippen LogP contribution < -0.4 is 10.6 Å². The molecule has 3 heteroatoms. The highest BCUT2D eigenvalue weighted by Gasteiger charge is 2.28. The largest absolute Gasteiger partial charge is 0.328 e. The molecule has 0 bridgehead atoms. The number of nitrogens with zero attached hydrogens (tertiary/aromatic N) is 1. The second kappa shape index (κ2) is 6.20. The van der Waals surface area contributed by atoms with E-state index in [-0.39, 0.29) is 11.9 Å². The standard InChI is InChI=1S/C16H24N2O/c1-12(2)10-16(19)18-14(11-17)8-5-7-13-6-3-4-9-15(13)18/h3-4,6,9,12,14H,5,7-8,10-11,17H2,1-2H3. The van der Waals surface area contributed by atoms with Crippen LogP contribution in [0.15, 0.2) is 24.3 Å². The Hall–Kier alpha value is -1.35. The average Bonchev–Trinajstić information content (AvgIpc) is 2.56. The van der Waals surface area contributed by atoms with Crippen molar-refractivity contribution < 1.29 is 4.79 Å². The Kier molecular flexibility index (Phi) is 4.59. The molecular formula is C16H24N2O. The van der Waals surface area contributed by atoms with Gasteiger partial charge in [0.2, 0.25) is 5.91 Å². The fourth-order valence-electron chi connectivity index (χ4n) is 2.82. The zero-order chi connectivity index (χ0) is 13.8. The lowest BCUT2D eigenvalue weighted by atomic mass is 10.1. The van der Waals surface area contributed by atoms with Gasteiger partial charge in [0.15, 0.2) is 0 Å². The van der Waals surface area contributed by atoms with Crippen molar-refractivity contribution >= 4 is 11.6 Å². The molecule has 1 aromatic carbocycles. The number of hydrogen-bond acceptors (Lipinski definition) is 2. The van der Waals surface area contributed by atoms with Gasteiger partial charge in [-0.05, 0) is 36.8 Å². The summed E-state index contributed by atoms with van der Waals surface area (Å²) in [5.74, 6) is 0.584. The number of fused-ring (bicyclic) bond motifs is 1. The number of carbonyl (C=O) groups is 1. The van der Waals surface area contributed by atoms with Crippen LogP contribution >= 0.6 is 0 Å². The first kappa shape index (κ1) is 14.1. The van der Waals surface area contributed by atoms with Gasteiger partial charge in [0, 0.05) is 24.7 Å². The molecular weight excluding hydrogens is 236 g/mol. The van der Waals surface area contributed by atoms with Gasteiger partial charge in [-0.3, -0.25) is 4.79 Å². The minimum Gasteiger partial charge on any atom is -0.328 e. The summed E-state index contributed by atoms with van der Waals surface area (Å²) in [6.07, 6.45) is 3.72. The minimum absolute atomic E-state index is 0.148. The Morgan fingerprint density at radius 3 is 2.84 bits per heavy atom. The van der Waals surface area contributed by atoms with Crippen molar-refractivity contribution in [1.82, 2.24) is 0 Å². The van der Waals surface area contributed by atoms with E-state index in [1.54, 1.807) is 0 Å². The SMILES string of the molecule is CC(C)CC(=O)N1c2ccccc2CCCC1CN. The molecule has 0 fully saturated rings. The van der Waals surface area contributed by atoms with E-state index >= 15 is 0 Å². The maximum absolute atomic E-state index is 12.6. The number of anilines is 1. The van der Waals surface area contributed by atoms with Crippen molar-refractivity contribution in [3.8, 4) is 0 Å². The molecule has 3 nitrogen and oxygen atoms in total. The average molecular weight is 260 g/mol. The van der Waals surface area contributed by atoms with Crippen molar-refractivity contribution in [2.75, 3.05) is 11.4 Å². The van der Waals surface area contributed by atoms with Crippen molar-refractivity contribution in [1.29, 1.82) is 0 Å². The number of hydrogen-bond donors (Lipinski definition) is 1. The highest BCUT2D eigenvalue weighted by atomic mass is 16.2. The summed E-state index contributed by atoms with van der Waals surface area (Å²) >= 11 is 0. The third-order valence-electron chi connectivity index (χ3n) is 3.72. The van der Waals surface area contributed by atoms with Crippen LogP contribution in [0.3, 0.4) is 0 Å². The van der Waals surface area contributed by atoms with Gasteiger partial charge in [-0.2, -0.15) is 0 Å². The molecule has 1 atom stereocenters. The Balaban J connectivity index is 2.36.